The molecule has 33 heavy (non-hydrogen) atoms. The molecule has 0 bridgehead atoms. The normalized spacial score (nSPS) is 18.6. The zero-order valence-electron chi connectivity index (χ0n) is 19.2. The largest absolute Gasteiger partial charge is 0.480 e. The second kappa shape index (κ2) is 12.6. The number of likely N-dealkylation sites (tertiary alicyclic amines) is 1. The number of carboxylic acids is 1. The Hall–Kier alpha value is -2.60. The summed E-state index contributed by atoms with van der Waals surface area (Å²) in [6.07, 6.45) is 6.30. The van der Waals surface area contributed by atoms with Gasteiger partial charge in [-0.2, -0.15) is 11.8 Å². The summed E-state index contributed by atoms with van der Waals surface area (Å²) >= 11 is 1.55. The topological polar surface area (TPSA) is 171 Å². The number of carboxylic acid groups (broad SMARTS) is 1. The first-order chi connectivity index (χ1) is 15.6. The summed E-state index contributed by atoms with van der Waals surface area (Å²) in [6.45, 7) is 4.01. The van der Waals surface area contributed by atoms with Crippen molar-refractivity contribution in [3.8, 4) is 0 Å². The van der Waals surface area contributed by atoms with Gasteiger partial charge in [-0.05, 0) is 37.2 Å². The number of thioether (sulfide) groups is 1. The highest BCUT2D eigenvalue weighted by molar-refractivity contribution is 7.98. The van der Waals surface area contributed by atoms with Crippen LogP contribution in [-0.4, -0.2) is 86.4 Å². The van der Waals surface area contributed by atoms with Crippen LogP contribution in [0.25, 0.3) is 0 Å². The molecule has 0 saturated carbocycles. The molecule has 1 fully saturated rings. The Morgan fingerprint density at radius 2 is 2.03 bits per heavy atom. The first-order valence-corrected chi connectivity index (χ1v) is 12.4. The highest BCUT2D eigenvalue weighted by atomic mass is 32.2. The summed E-state index contributed by atoms with van der Waals surface area (Å²) in [4.78, 5) is 58.6. The van der Waals surface area contributed by atoms with E-state index in [1.807, 2.05) is 20.1 Å². The Morgan fingerprint density at radius 3 is 2.61 bits per heavy atom. The third kappa shape index (κ3) is 7.46. The zero-order valence-corrected chi connectivity index (χ0v) is 20.1. The molecule has 2 heterocycles. The molecule has 4 unspecified atom stereocenters. The summed E-state index contributed by atoms with van der Waals surface area (Å²) in [5.74, 6) is -1.91. The van der Waals surface area contributed by atoms with Crippen LogP contribution >= 0.6 is 11.8 Å². The van der Waals surface area contributed by atoms with Gasteiger partial charge in [-0.15, -0.1) is 0 Å². The summed E-state index contributed by atoms with van der Waals surface area (Å²) in [5, 5.41) is 14.8. The molecule has 0 aliphatic carbocycles. The first kappa shape index (κ1) is 26.7. The number of carbonyl (C=O) groups excluding carboxylic acids is 3. The molecule has 12 heteroatoms. The van der Waals surface area contributed by atoms with Crippen LogP contribution < -0.4 is 16.4 Å². The van der Waals surface area contributed by atoms with Crippen LogP contribution in [0, 0.1) is 5.92 Å². The number of carbonyl (C=O) groups is 4. The summed E-state index contributed by atoms with van der Waals surface area (Å²) in [5.41, 5.74) is 6.51. The monoisotopic (exact) mass is 482 g/mol. The minimum absolute atomic E-state index is 0.0429. The molecule has 0 aromatic carbocycles. The van der Waals surface area contributed by atoms with Crippen molar-refractivity contribution in [2.75, 3.05) is 18.6 Å². The van der Waals surface area contributed by atoms with Crippen LogP contribution in [0.1, 0.15) is 38.8 Å². The van der Waals surface area contributed by atoms with Crippen molar-refractivity contribution in [2.45, 2.75) is 63.7 Å². The minimum atomic E-state index is -1.18. The highest BCUT2D eigenvalue weighted by Gasteiger charge is 2.39. The van der Waals surface area contributed by atoms with Crippen LogP contribution in [0.3, 0.4) is 0 Å². The van der Waals surface area contributed by atoms with Crippen LogP contribution in [0.2, 0.25) is 0 Å². The van der Waals surface area contributed by atoms with Gasteiger partial charge >= 0.3 is 5.97 Å². The Labute approximate surface area is 197 Å². The molecule has 1 aromatic heterocycles. The Kier molecular flexibility index (Phi) is 10.2. The molecule has 1 saturated heterocycles. The number of amides is 3. The van der Waals surface area contributed by atoms with Crippen LogP contribution in [0.5, 0.6) is 0 Å². The number of nitrogens with zero attached hydrogens (tertiary/aromatic N) is 2. The lowest BCUT2D eigenvalue weighted by molar-refractivity contribution is -0.145. The van der Waals surface area contributed by atoms with Crippen molar-refractivity contribution in [3.05, 3.63) is 18.2 Å². The van der Waals surface area contributed by atoms with E-state index >= 15 is 0 Å². The molecule has 0 radical (unpaired) electrons. The lowest BCUT2D eigenvalue weighted by Crippen LogP contribution is -2.57. The summed E-state index contributed by atoms with van der Waals surface area (Å²) < 4.78 is 0. The molecule has 6 N–H and O–H groups in total. The van der Waals surface area contributed by atoms with Crippen molar-refractivity contribution >= 4 is 35.5 Å². The number of aromatic nitrogens is 2. The predicted octanol–water partition coefficient (Wildman–Crippen LogP) is -0.266. The number of aliphatic carboxylic acids is 1. The fourth-order valence-corrected chi connectivity index (χ4v) is 4.12. The third-order valence-electron chi connectivity index (χ3n) is 5.68. The van der Waals surface area contributed by atoms with Gasteiger partial charge in [0.05, 0.1) is 12.4 Å². The molecule has 3 amide bonds. The highest BCUT2D eigenvalue weighted by Crippen LogP contribution is 2.20. The maximum atomic E-state index is 13.3. The SMILES string of the molecule is CSCCC(NC(=O)C(N)C(C)C)C(=O)N1CCCC1C(=O)NC(Cc1cnc[nH]1)C(=O)O. The quantitative estimate of drug-likeness (QED) is 0.271. The van der Waals surface area contributed by atoms with Gasteiger partial charge in [0, 0.05) is 24.9 Å². The molecule has 4 atom stereocenters. The standard InChI is InChI=1S/C21H34N6O5S/c1-12(2)17(22)19(29)25-14(6-8-33-3)20(30)27-7-4-5-16(27)18(28)26-15(21(31)32)9-13-10-23-11-24-13/h10-12,14-17H,4-9,22H2,1-3H3,(H,23,24)(H,25,29)(H,26,28)(H,31,32). The van der Waals surface area contributed by atoms with E-state index in [2.05, 4.69) is 20.6 Å². The second-order valence-corrected chi connectivity index (χ2v) is 9.47. The minimum Gasteiger partial charge on any atom is -0.480 e. The number of aromatic amines is 1. The van der Waals surface area contributed by atoms with E-state index in [0.717, 1.165) is 0 Å². The van der Waals surface area contributed by atoms with E-state index < -0.39 is 42.0 Å². The number of imidazole rings is 1. The van der Waals surface area contributed by atoms with Gasteiger partial charge in [0.1, 0.15) is 18.1 Å². The molecular weight excluding hydrogens is 448 g/mol. The summed E-state index contributed by atoms with van der Waals surface area (Å²) in [7, 11) is 0. The number of nitrogens with one attached hydrogen (secondary N) is 3. The molecule has 2 rings (SSSR count). The predicted molar refractivity (Wildman–Crippen MR) is 124 cm³/mol. The van der Waals surface area contributed by atoms with Gasteiger partial charge in [-0.3, -0.25) is 14.4 Å². The Balaban J connectivity index is 2.10. The third-order valence-corrected chi connectivity index (χ3v) is 6.32. The van der Waals surface area contributed by atoms with Gasteiger partial charge in [0.15, 0.2) is 0 Å². The van der Waals surface area contributed by atoms with Crippen molar-refractivity contribution in [1.82, 2.24) is 25.5 Å². The first-order valence-electron chi connectivity index (χ1n) is 11.0. The molecule has 1 aliphatic rings. The molecule has 184 valence electrons. The van der Waals surface area contributed by atoms with E-state index in [0.29, 0.717) is 37.3 Å². The zero-order chi connectivity index (χ0) is 24.5. The van der Waals surface area contributed by atoms with Gasteiger partial charge in [-0.25, -0.2) is 9.78 Å². The van der Waals surface area contributed by atoms with Crippen molar-refractivity contribution in [3.63, 3.8) is 0 Å². The second-order valence-electron chi connectivity index (χ2n) is 8.48. The maximum absolute atomic E-state index is 13.3. The van der Waals surface area contributed by atoms with Gasteiger partial charge in [0.2, 0.25) is 17.7 Å². The number of hydrogen-bond acceptors (Lipinski definition) is 7. The fraction of sp³-hybridized carbons (Fsp3) is 0.667. The van der Waals surface area contributed by atoms with Crippen LogP contribution in [0.4, 0.5) is 0 Å². The van der Waals surface area contributed by atoms with E-state index in [-0.39, 0.29) is 18.2 Å². The lowest BCUT2D eigenvalue weighted by Gasteiger charge is -2.30. The molecule has 11 nitrogen and oxygen atoms in total. The van der Waals surface area contributed by atoms with Crippen molar-refractivity contribution in [1.29, 1.82) is 0 Å². The fourth-order valence-electron chi connectivity index (χ4n) is 3.65. The average Bonchev–Trinajstić information content (AvgIpc) is 3.46. The van der Waals surface area contributed by atoms with E-state index in [9.17, 15) is 24.3 Å². The number of nitrogens with two attached hydrogens (primary N) is 1. The molecule has 0 spiro atoms. The summed E-state index contributed by atoms with van der Waals surface area (Å²) in [6, 6.07) is -3.51. The van der Waals surface area contributed by atoms with Gasteiger partial charge in [0.25, 0.3) is 0 Å². The van der Waals surface area contributed by atoms with E-state index in [1.165, 1.54) is 17.4 Å². The van der Waals surface area contributed by atoms with E-state index in [4.69, 9.17) is 5.73 Å². The molecule has 1 aliphatic heterocycles. The van der Waals surface area contributed by atoms with Gasteiger partial charge in [-0.1, -0.05) is 13.8 Å². The number of rotatable bonds is 12. The van der Waals surface area contributed by atoms with Crippen molar-refractivity contribution in [2.24, 2.45) is 11.7 Å². The molecule has 1 aromatic rings. The molecular formula is C21H34N6O5S. The van der Waals surface area contributed by atoms with Crippen LogP contribution in [0.15, 0.2) is 12.5 Å². The lowest BCUT2D eigenvalue weighted by atomic mass is 10.0. The number of H-pyrrole nitrogens is 1. The van der Waals surface area contributed by atoms with Crippen molar-refractivity contribution < 1.29 is 24.3 Å². The Bertz CT molecular complexity index is 818. The smallest absolute Gasteiger partial charge is 0.326 e. The average molecular weight is 483 g/mol. The number of hydrogen-bond donors (Lipinski definition) is 5. The Morgan fingerprint density at radius 1 is 1.30 bits per heavy atom. The van der Waals surface area contributed by atoms with E-state index in [1.54, 1.807) is 11.8 Å². The van der Waals surface area contributed by atoms with Gasteiger partial charge < -0.3 is 31.4 Å². The maximum Gasteiger partial charge on any atom is 0.326 e. The van der Waals surface area contributed by atoms with Crippen LogP contribution in [-0.2, 0) is 25.6 Å².